The van der Waals surface area contributed by atoms with Crippen molar-refractivity contribution in [1.29, 1.82) is 0 Å². The Balaban J connectivity index is 1.54. The third-order valence-electron chi connectivity index (χ3n) is 7.37. The number of carbonyl (C=O) groups is 2. The second kappa shape index (κ2) is 15.2. The number of fused-ring (bicyclic) bond motifs is 1. The van der Waals surface area contributed by atoms with E-state index in [1.807, 2.05) is 61.5 Å². The molecular weight excluding hydrogens is 490 g/mol. The molecule has 0 unspecified atom stereocenters. The van der Waals surface area contributed by atoms with Crippen molar-refractivity contribution in [1.82, 2.24) is 14.8 Å². The molecule has 0 aliphatic carbocycles. The molecule has 7 heteroatoms. The molecule has 212 valence electrons. The summed E-state index contributed by atoms with van der Waals surface area (Å²) >= 11 is 0. The third kappa shape index (κ3) is 8.25. The fourth-order valence-corrected chi connectivity index (χ4v) is 5.02. The summed E-state index contributed by atoms with van der Waals surface area (Å²) in [5.41, 5.74) is 4.10. The predicted octanol–water partition coefficient (Wildman–Crippen LogP) is 6.12. The van der Waals surface area contributed by atoms with E-state index in [2.05, 4.69) is 16.8 Å². The molecule has 3 aromatic rings. The van der Waals surface area contributed by atoms with Crippen molar-refractivity contribution < 1.29 is 19.1 Å². The number of carbonyl (C=O) groups excluding carboxylic acids is 2. The number of rotatable bonds is 16. The Labute approximate surface area is 233 Å². The highest BCUT2D eigenvalue weighted by Crippen LogP contribution is 2.36. The van der Waals surface area contributed by atoms with Gasteiger partial charge in [-0.3, -0.25) is 9.59 Å². The molecule has 0 saturated heterocycles. The minimum absolute atomic E-state index is 0.0146. The molecule has 0 aliphatic heterocycles. The average Bonchev–Trinajstić information content (AvgIpc) is 3.22. The van der Waals surface area contributed by atoms with Crippen molar-refractivity contribution in [2.75, 3.05) is 34.4 Å². The number of benzene rings is 2. The Morgan fingerprint density at radius 2 is 1.56 bits per heavy atom. The van der Waals surface area contributed by atoms with Gasteiger partial charge in [-0.15, -0.1) is 0 Å². The topological polar surface area (TPSA) is 72.8 Å². The molecule has 1 heterocycles. The van der Waals surface area contributed by atoms with Crippen molar-refractivity contribution >= 4 is 22.7 Å². The van der Waals surface area contributed by atoms with Gasteiger partial charge in [0.25, 0.3) is 0 Å². The van der Waals surface area contributed by atoms with Crippen LogP contribution in [0.4, 0.5) is 0 Å². The summed E-state index contributed by atoms with van der Waals surface area (Å²) in [6, 6.07) is 13.9. The van der Waals surface area contributed by atoms with Crippen LogP contribution in [0, 0.1) is 0 Å². The van der Waals surface area contributed by atoms with Gasteiger partial charge in [0.05, 0.1) is 26.3 Å². The van der Waals surface area contributed by atoms with Crippen LogP contribution < -0.4 is 14.8 Å². The molecular formula is C32H45N3O4. The maximum Gasteiger partial charge on any atom is 0.224 e. The Kier molecular flexibility index (Phi) is 11.7. The molecule has 1 aromatic heterocycles. The van der Waals surface area contributed by atoms with Crippen LogP contribution in [0.25, 0.3) is 22.2 Å². The fourth-order valence-electron chi connectivity index (χ4n) is 5.02. The van der Waals surface area contributed by atoms with Gasteiger partial charge < -0.3 is 24.3 Å². The summed E-state index contributed by atoms with van der Waals surface area (Å²) < 4.78 is 13.0. The number of hydrogen-bond donors (Lipinski definition) is 1. The number of ether oxygens (including phenoxy) is 2. The van der Waals surface area contributed by atoms with Gasteiger partial charge in [-0.05, 0) is 72.9 Å². The molecule has 2 aromatic carbocycles. The Morgan fingerprint density at radius 3 is 2.26 bits per heavy atom. The molecule has 0 radical (unpaired) electrons. The Morgan fingerprint density at radius 1 is 0.897 bits per heavy atom. The number of aryl methyl sites for hydroxylation is 1. The number of amides is 2. The summed E-state index contributed by atoms with van der Waals surface area (Å²) in [7, 11) is 7.25. The van der Waals surface area contributed by atoms with Crippen LogP contribution in [0.5, 0.6) is 11.5 Å². The van der Waals surface area contributed by atoms with Crippen LogP contribution in [0.3, 0.4) is 0 Å². The van der Waals surface area contributed by atoms with E-state index < -0.39 is 0 Å². The first kappa shape index (κ1) is 30.1. The van der Waals surface area contributed by atoms with Crippen LogP contribution in [0.2, 0.25) is 0 Å². The van der Waals surface area contributed by atoms with E-state index in [1.54, 1.807) is 14.2 Å². The molecule has 0 atom stereocenters. The first-order valence-corrected chi connectivity index (χ1v) is 14.2. The SMILES string of the molecule is CCCCN(C)C(=O)CCCCCCCNC(=O)Cc1c(-c2ccc(OC)cc2)n(C)c2ccc(OC)cc12. The molecule has 3 rings (SSSR count). The Hall–Kier alpha value is -3.48. The first-order chi connectivity index (χ1) is 18.9. The van der Waals surface area contributed by atoms with Crippen LogP contribution in [0.15, 0.2) is 42.5 Å². The summed E-state index contributed by atoms with van der Waals surface area (Å²) in [5.74, 6) is 1.83. The monoisotopic (exact) mass is 535 g/mol. The lowest BCUT2D eigenvalue weighted by Crippen LogP contribution is -2.27. The van der Waals surface area contributed by atoms with Crippen LogP contribution in [-0.2, 0) is 23.1 Å². The van der Waals surface area contributed by atoms with Gasteiger partial charge in [0, 0.05) is 44.5 Å². The molecule has 0 saturated carbocycles. The van der Waals surface area contributed by atoms with E-state index in [-0.39, 0.29) is 11.8 Å². The number of aromatic nitrogens is 1. The first-order valence-electron chi connectivity index (χ1n) is 14.2. The second-order valence-electron chi connectivity index (χ2n) is 10.2. The highest BCUT2D eigenvalue weighted by atomic mass is 16.5. The summed E-state index contributed by atoms with van der Waals surface area (Å²) in [5, 5.41) is 4.14. The number of hydrogen-bond acceptors (Lipinski definition) is 4. The van der Waals surface area contributed by atoms with Crippen molar-refractivity contribution in [3.63, 3.8) is 0 Å². The highest BCUT2D eigenvalue weighted by Gasteiger charge is 2.20. The van der Waals surface area contributed by atoms with Gasteiger partial charge in [0.15, 0.2) is 0 Å². The molecule has 7 nitrogen and oxygen atoms in total. The molecule has 1 N–H and O–H groups in total. The number of nitrogens with one attached hydrogen (secondary N) is 1. The van der Waals surface area contributed by atoms with Crippen LogP contribution in [0.1, 0.15) is 63.9 Å². The zero-order valence-electron chi connectivity index (χ0n) is 24.3. The molecule has 0 bridgehead atoms. The van der Waals surface area contributed by atoms with E-state index in [9.17, 15) is 9.59 Å². The van der Waals surface area contributed by atoms with Crippen LogP contribution >= 0.6 is 0 Å². The Bertz CT molecular complexity index is 1220. The van der Waals surface area contributed by atoms with Gasteiger partial charge in [-0.2, -0.15) is 0 Å². The maximum atomic E-state index is 13.0. The highest BCUT2D eigenvalue weighted by molar-refractivity contribution is 5.96. The largest absolute Gasteiger partial charge is 0.497 e. The van der Waals surface area contributed by atoms with Gasteiger partial charge in [0.1, 0.15) is 11.5 Å². The quantitative estimate of drug-likeness (QED) is 0.224. The smallest absolute Gasteiger partial charge is 0.224 e. The minimum Gasteiger partial charge on any atom is -0.497 e. The normalized spacial score (nSPS) is 11.0. The molecule has 0 fully saturated rings. The van der Waals surface area contributed by atoms with Crippen molar-refractivity contribution in [3.05, 3.63) is 48.0 Å². The van der Waals surface area contributed by atoms with E-state index in [1.165, 1.54) is 0 Å². The van der Waals surface area contributed by atoms with E-state index in [4.69, 9.17) is 9.47 Å². The predicted molar refractivity (Wildman–Crippen MR) is 158 cm³/mol. The number of methoxy groups -OCH3 is 2. The molecule has 0 spiro atoms. The lowest BCUT2D eigenvalue weighted by molar-refractivity contribution is -0.130. The third-order valence-corrected chi connectivity index (χ3v) is 7.37. The zero-order valence-corrected chi connectivity index (χ0v) is 24.3. The standard InChI is InChI=1S/C32H45N3O4/c1-6-7-21-34(2)31(37)13-11-9-8-10-12-20-33-30(36)23-28-27-22-26(39-5)18-19-29(27)35(3)32(28)24-14-16-25(38-4)17-15-24/h14-19,22H,6-13,20-21,23H2,1-5H3,(H,33,36). The second-order valence-corrected chi connectivity index (χ2v) is 10.2. The fraction of sp³-hybridized carbons (Fsp3) is 0.500. The molecule has 39 heavy (non-hydrogen) atoms. The van der Waals surface area contributed by atoms with Gasteiger partial charge in [-0.25, -0.2) is 0 Å². The minimum atomic E-state index is 0.0146. The summed E-state index contributed by atoms with van der Waals surface area (Å²) in [4.78, 5) is 27.0. The van der Waals surface area contributed by atoms with Gasteiger partial charge in [-0.1, -0.05) is 32.6 Å². The summed E-state index contributed by atoms with van der Waals surface area (Å²) in [6.07, 6.45) is 8.12. The van der Waals surface area contributed by atoms with E-state index in [0.717, 1.165) is 90.7 Å². The number of unbranched alkanes of at least 4 members (excludes halogenated alkanes) is 5. The maximum absolute atomic E-state index is 13.0. The van der Waals surface area contributed by atoms with Gasteiger partial charge in [0.2, 0.25) is 11.8 Å². The van der Waals surface area contributed by atoms with Crippen LogP contribution in [-0.4, -0.2) is 55.6 Å². The van der Waals surface area contributed by atoms with Gasteiger partial charge >= 0.3 is 0 Å². The van der Waals surface area contributed by atoms with Crippen molar-refractivity contribution in [3.8, 4) is 22.8 Å². The number of nitrogens with zero attached hydrogens (tertiary/aromatic N) is 2. The lowest BCUT2D eigenvalue weighted by Gasteiger charge is -2.16. The zero-order chi connectivity index (χ0) is 28.2. The lowest BCUT2D eigenvalue weighted by atomic mass is 10.0. The summed E-state index contributed by atoms with van der Waals surface area (Å²) in [6.45, 7) is 3.65. The van der Waals surface area contributed by atoms with E-state index in [0.29, 0.717) is 19.4 Å². The van der Waals surface area contributed by atoms with Crippen molar-refractivity contribution in [2.24, 2.45) is 7.05 Å². The molecule has 0 aliphatic rings. The average molecular weight is 536 g/mol. The van der Waals surface area contributed by atoms with Crippen molar-refractivity contribution in [2.45, 2.75) is 64.7 Å². The van der Waals surface area contributed by atoms with E-state index >= 15 is 0 Å². The molecule has 2 amide bonds.